The second kappa shape index (κ2) is 5.40. The van der Waals surface area contributed by atoms with Crippen molar-refractivity contribution in [1.29, 1.82) is 0 Å². The van der Waals surface area contributed by atoms with E-state index in [0.29, 0.717) is 6.61 Å². The van der Waals surface area contributed by atoms with Gasteiger partial charge in [-0.15, -0.1) is 0 Å². The normalized spacial score (nSPS) is 39.8. The Bertz CT molecular complexity index is 282. The van der Waals surface area contributed by atoms with Crippen LogP contribution in [0.1, 0.15) is 13.8 Å². The van der Waals surface area contributed by atoms with Crippen molar-refractivity contribution in [2.45, 2.75) is 50.3 Å². The van der Waals surface area contributed by atoms with Gasteiger partial charge in [0.15, 0.2) is 12.1 Å². The van der Waals surface area contributed by atoms with Gasteiger partial charge in [0.25, 0.3) is 0 Å². The molecule has 106 valence electrons. The predicted octanol–water partition coefficient (Wildman–Crippen LogP) is 0.539. The number of methoxy groups -OCH3 is 3. The lowest BCUT2D eigenvalue weighted by atomic mass is 10.1. The highest BCUT2D eigenvalue weighted by Gasteiger charge is 2.56. The Labute approximate surface area is 107 Å². The van der Waals surface area contributed by atoms with Crippen LogP contribution in [0, 0.1) is 0 Å². The summed E-state index contributed by atoms with van der Waals surface area (Å²) in [7, 11) is 4.89. The van der Waals surface area contributed by atoms with E-state index in [1.807, 2.05) is 13.8 Å². The van der Waals surface area contributed by atoms with Gasteiger partial charge in [0, 0.05) is 21.3 Å². The smallest absolute Gasteiger partial charge is 0.190 e. The first-order chi connectivity index (χ1) is 8.52. The van der Waals surface area contributed by atoms with Crippen molar-refractivity contribution in [2.24, 2.45) is 0 Å². The minimum Gasteiger partial charge on any atom is -0.382 e. The van der Waals surface area contributed by atoms with Crippen molar-refractivity contribution in [3.05, 3.63) is 0 Å². The molecule has 2 aliphatic heterocycles. The first-order valence-electron chi connectivity index (χ1n) is 6.08. The Morgan fingerprint density at radius 2 is 1.89 bits per heavy atom. The summed E-state index contributed by atoms with van der Waals surface area (Å²) in [5.41, 5.74) is 0. The molecule has 0 aromatic heterocycles. The number of rotatable bonds is 5. The van der Waals surface area contributed by atoms with Gasteiger partial charge in [-0.05, 0) is 13.8 Å². The van der Waals surface area contributed by atoms with Crippen molar-refractivity contribution in [2.75, 3.05) is 27.9 Å². The third-order valence-electron chi connectivity index (χ3n) is 3.30. The lowest BCUT2D eigenvalue weighted by Gasteiger charge is -2.29. The highest BCUT2D eigenvalue weighted by molar-refractivity contribution is 4.97. The van der Waals surface area contributed by atoms with Crippen LogP contribution >= 0.6 is 0 Å². The average Bonchev–Trinajstić information content (AvgIpc) is 2.77. The first kappa shape index (κ1) is 14.2. The van der Waals surface area contributed by atoms with Gasteiger partial charge < -0.3 is 28.4 Å². The van der Waals surface area contributed by atoms with E-state index in [4.69, 9.17) is 28.4 Å². The molecule has 0 amide bonds. The van der Waals surface area contributed by atoms with Crippen LogP contribution in [0.4, 0.5) is 0 Å². The topological polar surface area (TPSA) is 55.4 Å². The zero-order valence-corrected chi connectivity index (χ0v) is 11.5. The quantitative estimate of drug-likeness (QED) is 0.721. The Balaban J connectivity index is 2.08. The largest absolute Gasteiger partial charge is 0.382 e. The summed E-state index contributed by atoms with van der Waals surface area (Å²) < 4.78 is 33.3. The highest BCUT2D eigenvalue weighted by Crippen LogP contribution is 2.39. The number of ether oxygens (including phenoxy) is 6. The SMILES string of the molecule is COC[C@@H](OC)[C@H]1O[C@@H]2OC(C)(C)O[C@@H]2[C@H]1OC. The van der Waals surface area contributed by atoms with Gasteiger partial charge in [-0.3, -0.25) is 0 Å². The monoisotopic (exact) mass is 262 g/mol. The maximum absolute atomic E-state index is 5.85. The van der Waals surface area contributed by atoms with Crippen LogP contribution in [-0.4, -0.2) is 64.4 Å². The molecule has 0 saturated carbocycles. The second-order valence-electron chi connectivity index (χ2n) is 5.00. The zero-order valence-electron chi connectivity index (χ0n) is 11.5. The molecule has 2 fully saturated rings. The molecule has 2 saturated heterocycles. The Morgan fingerprint density at radius 3 is 2.44 bits per heavy atom. The summed E-state index contributed by atoms with van der Waals surface area (Å²) in [6.07, 6.45) is -1.34. The van der Waals surface area contributed by atoms with Gasteiger partial charge in [-0.2, -0.15) is 0 Å². The molecule has 0 aromatic carbocycles. The van der Waals surface area contributed by atoms with E-state index in [0.717, 1.165) is 0 Å². The summed E-state index contributed by atoms with van der Waals surface area (Å²) in [6.45, 7) is 4.16. The molecule has 0 aliphatic carbocycles. The minimum atomic E-state index is -0.638. The third kappa shape index (κ3) is 2.54. The van der Waals surface area contributed by atoms with E-state index >= 15 is 0 Å². The second-order valence-corrected chi connectivity index (χ2v) is 5.00. The number of fused-ring (bicyclic) bond motifs is 1. The van der Waals surface area contributed by atoms with Crippen molar-refractivity contribution in [3.8, 4) is 0 Å². The van der Waals surface area contributed by atoms with E-state index in [1.54, 1.807) is 21.3 Å². The van der Waals surface area contributed by atoms with Crippen LogP contribution in [0.2, 0.25) is 0 Å². The molecule has 5 atom stereocenters. The van der Waals surface area contributed by atoms with Gasteiger partial charge in [0.05, 0.1) is 6.61 Å². The summed E-state index contributed by atoms with van der Waals surface area (Å²) in [6, 6.07) is 0. The Hall–Kier alpha value is -0.240. The van der Waals surface area contributed by atoms with Crippen molar-refractivity contribution in [1.82, 2.24) is 0 Å². The van der Waals surface area contributed by atoms with Crippen LogP contribution < -0.4 is 0 Å². The standard InChI is InChI=1S/C12H22O6/c1-12(2)17-10-9(15-5)8(16-11(10)18-12)7(14-4)6-13-3/h7-11H,6H2,1-5H3/t7-,8-,9+,10-,11-/m1/s1. The number of hydrogen-bond acceptors (Lipinski definition) is 6. The summed E-state index contributed by atoms with van der Waals surface area (Å²) >= 11 is 0. The Kier molecular flexibility index (Phi) is 4.25. The molecule has 0 bridgehead atoms. The van der Waals surface area contributed by atoms with Crippen LogP contribution in [0.3, 0.4) is 0 Å². The van der Waals surface area contributed by atoms with Crippen molar-refractivity contribution in [3.63, 3.8) is 0 Å². The average molecular weight is 262 g/mol. The molecule has 2 heterocycles. The maximum atomic E-state index is 5.85. The van der Waals surface area contributed by atoms with E-state index in [-0.39, 0.29) is 24.4 Å². The summed E-state index contributed by atoms with van der Waals surface area (Å²) in [4.78, 5) is 0. The molecule has 18 heavy (non-hydrogen) atoms. The van der Waals surface area contributed by atoms with Crippen LogP contribution in [0.5, 0.6) is 0 Å². The molecular weight excluding hydrogens is 240 g/mol. The maximum Gasteiger partial charge on any atom is 0.190 e. The van der Waals surface area contributed by atoms with Gasteiger partial charge in [-0.1, -0.05) is 0 Å². The number of hydrogen-bond donors (Lipinski definition) is 0. The summed E-state index contributed by atoms with van der Waals surface area (Å²) in [5.74, 6) is -0.638. The first-order valence-corrected chi connectivity index (χ1v) is 6.08. The van der Waals surface area contributed by atoms with E-state index in [2.05, 4.69) is 0 Å². The predicted molar refractivity (Wildman–Crippen MR) is 62.2 cm³/mol. The lowest BCUT2D eigenvalue weighted by molar-refractivity contribution is -0.231. The fourth-order valence-electron chi connectivity index (χ4n) is 2.53. The fraction of sp³-hybridized carbons (Fsp3) is 1.00. The molecule has 0 N–H and O–H groups in total. The molecule has 2 rings (SSSR count). The van der Waals surface area contributed by atoms with Crippen molar-refractivity contribution < 1.29 is 28.4 Å². The molecule has 0 unspecified atom stereocenters. The van der Waals surface area contributed by atoms with Gasteiger partial charge >= 0.3 is 0 Å². The van der Waals surface area contributed by atoms with E-state index < -0.39 is 12.1 Å². The zero-order chi connectivity index (χ0) is 13.3. The minimum absolute atomic E-state index is 0.208. The van der Waals surface area contributed by atoms with E-state index in [9.17, 15) is 0 Å². The molecule has 6 heteroatoms. The molecule has 0 aromatic rings. The van der Waals surface area contributed by atoms with Gasteiger partial charge in [0.1, 0.15) is 24.4 Å². The molecule has 6 nitrogen and oxygen atoms in total. The highest BCUT2D eigenvalue weighted by atomic mass is 16.8. The van der Waals surface area contributed by atoms with Crippen molar-refractivity contribution >= 4 is 0 Å². The van der Waals surface area contributed by atoms with Crippen LogP contribution in [-0.2, 0) is 28.4 Å². The third-order valence-corrected chi connectivity index (χ3v) is 3.30. The van der Waals surface area contributed by atoms with Crippen LogP contribution in [0.15, 0.2) is 0 Å². The van der Waals surface area contributed by atoms with Gasteiger partial charge in [0.2, 0.25) is 0 Å². The fourth-order valence-corrected chi connectivity index (χ4v) is 2.53. The molecule has 0 spiro atoms. The Morgan fingerprint density at radius 1 is 1.17 bits per heavy atom. The molecule has 2 aliphatic rings. The van der Waals surface area contributed by atoms with E-state index in [1.165, 1.54) is 0 Å². The van der Waals surface area contributed by atoms with Crippen LogP contribution in [0.25, 0.3) is 0 Å². The van der Waals surface area contributed by atoms with Gasteiger partial charge in [-0.25, -0.2) is 0 Å². The lowest BCUT2D eigenvalue weighted by Crippen LogP contribution is -2.44. The molecular formula is C12H22O6. The summed E-state index contributed by atoms with van der Waals surface area (Å²) in [5, 5.41) is 0. The molecule has 0 radical (unpaired) electrons.